The van der Waals surface area contributed by atoms with Crippen molar-refractivity contribution in [2.45, 2.75) is 187 Å². The Balaban J connectivity index is 1.35. The van der Waals surface area contributed by atoms with Crippen LogP contribution in [0.1, 0.15) is 145 Å². The van der Waals surface area contributed by atoms with Crippen molar-refractivity contribution in [2.75, 3.05) is 13.1 Å². The fourth-order valence-electron chi connectivity index (χ4n) is 7.66. The molecule has 1 spiro atoms. The van der Waals surface area contributed by atoms with Gasteiger partial charge in [-0.2, -0.15) is 0 Å². The lowest BCUT2D eigenvalue weighted by Gasteiger charge is -2.48. The summed E-state index contributed by atoms with van der Waals surface area (Å²) in [6, 6.07) is 0. The molecule has 288 valence electrons. The summed E-state index contributed by atoms with van der Waals surface area (Å²) in [6.07, 6.45) is 12.9. The number of rotatable bonds is 19. The zero-order chi connectivity index (χ0) is 36.8. The Labute approximate surface area is 302 Å². The average molecular weight is 707 g/mol. The summed E-state index contributed by atoms with van der Waals surface area (Å²) in [6.45, 7) is 14.4. The van der Waals surface area contributed by atoms with Crippen molar-refractivity contribution in [3.63, 3.8) is 0 Å². The number of aliphatic hydroxyl groups excluding tert-OH is 2. The largest absolute Gasteiger partial charge is 0.390 e. The standard InChI is InChI=1S/C40H70N2O8/c1-8-11-32(44)23-34-17-15-27(3)37(48-34)24-38(46)42-25-35(45)30(6)39(47)41-21-10-13-36-28(4)18-20-40(50-36)19-9-12-33(49-40)16-14-26(2)22-29(5)31(7)43/h22,26-28,30-31,33-37,43,45H,8-21,23-25H2,1-7H3,(H,41,47)(H,42,46)/b29-22+/t26-,27-,28-,30-,31-,33-,34+,35-,36+,37-,40-/m0/s1. The van der Waals surface area contributed by atoms with E-state index >= 15 is 0 Å². The number of amides is 2. The SMILES string of the molecule is CCCC(=O)C[C@H]1CC[C@H](C)[C@H](CC(=O)NC[C@H](O)[C@H](C)C(=O)NCCC[C@H]2O[C@@]3(CCC[C@@H](CC[C@H](C)/C=C(\C)[C@H](C)O)O3)CC[C@@H]2C)O1. The summed E-state index contributed by atoms with van der Waals surface area (Å²) < 4.78 is 19.5. The molecule has 0 aromatic rings. The maximum absolute atomic E-state index is 12.9. The smallest absolute Gasteiger partial charge is 0.225 e. The fraction of sp³-hybridized carbons (Fsp3) is 0.875. The fourth-order valence-corrected chi connectivity index (χ4v) is 7.66. The highest BCUT2D eigenvalue weighted by Gasteiger charge is 2.44. The molecule has 4 N–H and O–H groups in total. The lowest BCUT2D eigenvalue weighted by atomic mass is 9.85. The second-order valence-corrected chi connectivity index (χ2v) is 16.0. The normalized spacial score (nSPS) is 31.4. The van der Waals surface area contributed by atoms with E-state index in [4.69, 9.17) is 14.2 Å². The van der Waals surface area contributed by atoms with E-state index in [-0.39, 0.29) is 60.9 Å². The number of Topliss-reactive ketones (excluding diaryl/α,β-unsaturated/α-hetero) is 1. The molecule has 0 bridgehead atoms. The molecule has 0 aromatic carbocycles. The third-order valence-corrected chi connectivity index (χ3v) is 11.4. The molecule has 0 unspecified atom stereocenters. The Morgan fingerprint density at radius 3 is 2.36 bits per heavy atom. The van der Waals surface area contributed by atoms with Gasteiger partial charge < -0.3 is 35.1 Å². The molecule has 3 aliphatic rings. The molecule has 3 saturated heterocycles. The Kier molecular flexibility index (Phi) is 17.9. The van der Waals surface area contributed by atoms with E-state index in [0.717, 1.165) is 82.6 Å². The highest BCUT2D eigenvalue weighted by atomic mass is 16.7. The molecule has 3 aliphatic heterocycles. The first-order chi connectivity index (χ1) is 23.7. The number of carbonyl (C=O) groups is 3. The van der Waals surface area contributed by atoms with Crippen LogP contribution in [0.25, 0.3) is 0 Å². The number of carbonyl (C=O) groups excluding carboxylic acids is 3. The van der Waals surface area contributed by atoms with E-state index in [1.807, 2.05) is 13.8 Å². The van der Waals surface area contributed by atoms with Crippen molar-refractivity contribution in [3.8, 4) is 0 Å². The molecule has 2 amide bonds. The molecule has 0 aliphatic carbocycles. The maximum Gasteiger partial charge on any atom is 0.225 e. The van der Waals surface area contributed by atoms with Gasteiger partial charge in [-0.05, 0) is 101 Å². The minimum Gasteiger partial charge on any atom is -0.390 e. The zero-order valence-electron chi connectivity index (χ0n) is 32.2. The topological polar surface area (TPSA) is 143 Å². The highest BCUT2D eigenvalue weighted by molar-refractivity contribution is 5.80. The third kappa shape index (κ3) is 13.9. The van der Waals surface area contributed by atoms with E-state index in [9.17, 15) is 24.6 Å². The Hall–Kier alpha value is -1.85. The van der Waals surface area contributed by atoms with Crippen LogP contribution < -0.4 is 10.6 Å². The van der Waals surface area contributed by atoms with Crippen LogP contribution in [0.4, 0.5) is 0 Å². The van der Waals surface area contributed by atoms with Crippen molar-refractivity contribution in [1.29, 1.82) is 0 Å². The van der Waals surface area contributed by atoms with E-state index in [2.05, 4.69) is 37.5 Å². The number of nitrogens with one attached hydrogen (secondary N) is 2. The van der Waals surface area contributed by atoms with Gasteiger partial charge in [-0.1, -0.05) is 40.7 Å². The molecular formula is C40H70N2O8. The molecule has 10 heteroatoms. The predicted molar refractivity (Wildman–Crippen MR) is 195 cm³/mol. The molecule has 50 heavy (non-hydrogen) atoms. The molecule has 0 radical (unpaired) electrons. The summed E-state index contributed by atoms with van der Waals surface area (Å²) in [7, 11) is 0. The van der Waals surface area contributed by atoms with Crippen molar-refractivity contribution in [1.82, 2.24) is 10.6 Å². The van der Waals surface area contributed by atoms with Gasteiger partial charge in [0.25, 0.3) is 0 Å². The van der Waals surface area contributed by atoms with Crippen molar-refractivity contribution in [3.05, 3.63) is 11.6 Å². The van der Waals surface area contributed by atoms with Crippen LogP contribution in [0.15, 0.2) is 11.6 Å². The van der Waals surface area contributed by atoms with Gasteiger partial charge in [0.05, 0.1) is 49.0 Å². The number of ketones is 1. The molecule has 10 nitrogen and oxygen atoms in total. The predicted octanol–water partition coefficient (Wildman–Crippen LogP) is 6.15. The van der Waals surface area contributed by atoms with E-state index in [1.54, 1.807) is 13.8 Å². The Morgan fingerprint density at radius 1 is 0.900 bits per heavy atom. The van der Waals surface area contributed by atoms with Gasteiger partial charge in [0.2, 0.25) is 11.8 Å². The quantitative estimate of drug-likeness (QED) is 0.0925. The molecule has 3 rings (SSSR count). The Bertz CT molecular complexity index is 1100. The van der Waals surface area contributed by atoms with Crippen LogP contribution in [-0.2, 0) is 28.6 Å². The number of hydrogen-bond acceptors (Lipinski definition) is 8. The molecule has 11 atom stereocenters. The van der Waals surface area contributed by atoms with Crippen LogP contribution in [0.2, 0.25) is 0 Å². The number of hydrogen-bond donors (Lipinski definition) is 4. The molecule has 0 aromatic heterocycles. The van der Waals surface area contributed by atoms with Gasteiger partial charge in [0.1, 0.15) is 5.78 Å². The highest BCUT2D eigenvalue weighted by Crippen LogP contribution is 2.43. The van der Waals surface area contributed by atoms with Crippen molar-refractivity contribution in [2.24, 2.45) is 23.7 Å². The number of ether oxygens (including phenoxy) is 3. The molecule has 3 heterocycles. The van der Waals surface area contributed by atoms with Gasteiger partial charge in [-0.15, -0.1) is 0 Å². The van der Waals surface area contributed by atoms with E-state index in [0.29, 0.717) is 31.2 Å². The second kappa shape index (κ2) is 21.0. The van der Waals surface area contributed by atoms with Crippen LogP contribution in [0.5, 0.6) is 0 Å². The minimum atomic E-state index is -1.01. The van der Waals surface area contributed by atoms with Gasteiger partial charge in [-0.25, -0.2) is 0 Å². The van der Waals surface area contributed by atoms with Gasteiger partial charge in [0, 0.05) is 38.8 Å². The van der Waals surface area contributed by atoms with Crippen molar-refractivity contribution < 1.29 is 38.8 Å². The summed E-state index contributed by atoms with van der Waals surface area (Å²) in [5.74, 6) is -0.449. The van der Waals surface area contributed by atoms with Crippen LogP contribution >= 0.6 is 0 Å². The molecular weight excluding hydrogens is 636 g/mol. The van der Waals surface area contributed by atoms with Crippen molar-refractivity contribution >= 4 is 17.6 Å². The molecule has 3 fully saturated rings. The summed E-state index contributed by atoms with van der Waals surface area (Å²) in [5.41, 5.74) is 1.01. The summed E-state index contributed by atoms with van der Waals surface area (Å²) in [5, 5.41) is 26.2. The van der Waals surface area contributed by atoms with Crippen LogP contribution in [0.3, 0.4) is 0 Å². The lowest BCUT2D eigenvalue weighted by molar-refractivity contribution is -0.324. The van der Waals surface area contributed by atoms with Gasteiger partial charge in [0.15, 0.2) is 5.79 Å². The lowest BCUT2D eigenvalue weighted by Crippen LogP contribution is -2.50. The number of allylic oxidation sites excluding steroid dienone is 1. The maximum atomic E-state index is 12.9. The number of aliphatic hydroxyl groups is 2. The monoisotopic (exact) mass is 707 g/mol. The first-order valence-corrected chi connectivity index (χ1v) is 19.8. The zero-order valence-corrected chi connectivity index (χ0v) is 32.2. The first kappa shape index (κ1) is 42.6. The summed E-state index contributed by atoms with van der Waals surface area (Å²) in [4.78, 5) is 37.7. The van der Waals surface area contributed by atoms with E-state index in [1.165, 1.54) is 0 Å². The first-order valence-electron chi connectivity index (χ1n) is 19.8. The van der Waals surface area contributed by atoms with Gasteiger partial charge >= 0.3 is 0 Å². The second-order valence-electron chi connectivity index (χ2n) is 16.0. The average Bonchev–Trinajstić information content (AvgIpc) is 3.07. The van der Waals surface area contributed by atoms with Gasteiger partial charge in [-0.3, -0.25) is 14.4 Å². The summed E-state index contributed by atoms with van der Waals surface area (Å²) >= 11 is 0. The van der Waals surface area contributed by atoms with E-state index < -0.39 is 23.9 Å². The van der Waals surface area contributed by atoms with Crippen LogP contribution in [-0.4, -0.2) is 83.3 Å². The minimum absolute atomic E-state index is 0.0133. The third-order valence-electron chi connectivity index (χ3n) is 11.4. The molecule has 0 saturated carbocycles. The Morgan fingerprint density at radius 2 is 1.64 bits per heavy atom. The van der Waals surface area contributed by atoms with Crippen LogP contribution in [0, 0.1) is 23.7 Å².